The zero-order valence-corrected chi connectivity index (χ0v) is 9.52. The second kappa shape index (κ2) is 3.70. The summed E-state index contributed by atoms with van der Waals surface area (Å²) in [4.78, 5) is 0. The van der Waals surface area contributed by atoms with E-state index in [0.717, 1.165) is 17.8 Å². The summed E-state index contributed by atoms with van der Waals surface area (Å²) >= 11 is 5.78. The molecule has 0 radical (unpaired) electrons. The van der Waals surface area contributed by atoms with Gasteiger partial charge in [0.1, 0.15) is 0 Å². The molecule has 0 unspecified atom stereocenters. The van der Waals surface area contributed by atoms with Crippen molar-refractivity contribution in [1.82, 2.24) is 9.78 Å². The Balaban J connectivity index is 3.03. The van der Waals surface area contributed by atoms with Crippen molar-refractivity contribution in [2.45, 2.75) is 38.5 Å². The van der Waals surface area contributed by atoms with Gasteiger partial charge in [0.25, 0.3) is 0 Å². The van der Waals surface area contributed by atoms with Crippen LogP contribution in [0.15, 0.2) is 6.07 Å². The minimum atomic E-state index is 0.155. The Kier molecular flexibility index (Phi) is 3.01. The van der Waals surface area contributed by atoms with E-state index in [4.69, 9.17) is 11.6 Å². The van der Waals surface area contributed by atoms with Crippen molar-refractivity contribution < 1.29 is 0 Å². The van der Waals surface area contributed by atoms with Gasteiger partial charge in [0.05, 0.1) is 17.3 Å². The first-order valence-corrected chi connectivity index (χ1v) is 5.14. The largest absolute Gasteiger partial charge is 0.271 e. The van der Waals surface area contributed by atoms with Crippen molar-refractivity contribution in [1.29, 1.82) is 0 Å². The van der Waals surface area contributed by atoms with Gasteiger partial charge in [-0.2, -0.15) is 5.10 Å². The number of rotatable bonds is 3. The van der Waals surface area contributed by atoms with Gasteiger partial charge in [0.15, 0.2) is 0 Å². The van der Waals surface area contributed by atoms with Gasteiger partial charge in [-0.25, -0.2) is 0 Å². The van der Waals surface area contributed by atoms with E-state index in [1.807, 2.05) is 11.7 Å². The van der Waals surface area contributed by atoms with Crippen LogP contribution >= 0.6 is 11.6 Å². The molecule has 3 heteroatoms. The first-order chi connectivity index (χ1) is 6.01. The van der Waals surface area contributed by atoms with Crippen LogP contribution in [-0.2, 0) is 18.3 Å². The average Bonchev–Trinajstić information content (AvgIpc) is 2.47. The normalized spacial score (nSPS) is 12.1. The van der Waals surface area contributed by atoms with Crippen LogP contribution in [0.4, 0.5) is 0 Å². The van der Waals surface area contributed by atoms with Crippen molar-refractivity contribution in [2.24, 2.45) is 7.05 Å². The number of hydrogen-bond donors (Lipinski definition) is 0. The molecule has 13 heavy (non-hydrogen) atoms. The van der Waals surface area contributed by atoms with Crippen molar-refractivity contribution >= 4 is 11.6 Å². The Bertz CT molecular complexity index is 289. The van der Waals surface area contributed by atoms with E-state index < -0.39 is 0 Å². The molecule has 0 bridgehead atoms. The minimum Gasteiger partial charge on any atom is -0.271 e. The maximum absolute atomic E-state index is 5.78. The number of aryl methyl sites for hydroxylation is 1. The maximum Gasteiger partial charge on any atom is 0.0683 e. The molecule has 0 fully saturated rings. The highest BCUT2D eigenvalue weighted by molar-refractivity contribution is 6.16. The molecular formula is C10H17ClN2. The first-order valence-electron chi connectivity index (χ1n) is 4.60. The molecule has 2 nitrogen and oxygen atoms in total. The molecule has 0 aliphatic carbocycles. The Morgan fingerprint density at radius 3 is 2.54 bits per heavy atom. The lowest BCUT2D eigenvalue weighted by Crippen LogP contribution is -2.16. The van der Waals surface area contributed by atoms with Gasteiger partial charge < -0.3 is 0 Å². The summed E-state index contributed by atoms with van der Waals surface area (Å²) in [6.45, 7) is 6.58. The van der Waals surface area contributed by atoms with E-state index in [0.29, 0.717) is 5.88 Å². The Labute approximate surface area is 84.9 Å². The predicted molar refractivity (Wildman–Crippen MR) is 56.1 cm³/mol. The van der Waals surface area contributed by atoms with Crippen LogP contribution in [0.3, 0.4) is 0 Å². The fraction of sp³-hybridized carbons (Fsp3) is 0.700. The molecule has 1 heterocycles. The zero-order chi connectivity index (χ0) is 10.1. The second-order valence-electron chi connectivity index (χ2n) is 4.02. The average molecular weight is 201 g/mol. The van der Waals surface area contributed by atoms with Crippen LogP contribution in [0.2, 0.25) is 0 Å². The van der Waals surface area contributed by atoms with Crippen LogP contribution in [0, 0.1) is 0 Å². The number of halogens is 1. The molecule has 74 valence electrons. The number of aromatic nitrogens is 2. The van der Waals surface area contributed by atoms with Gasteiger partial charge in [0.2, 0.25) is 0 Å². The SMILES string of the molecule is CCC(C)(C)c1cc(CCl)n(C)n1. The van der Waals surface area contributed by atoms with Gasteiger partial charge in [-0.05, 0) is 12.5 Å². The smallest absolute Gasteiger partial charge is 0.0683 e. The van der Waals surface area contributed by atoms with Crippen LogP contribution in [-0.4, -0.2) is 9.78 Å². The molecule has 0 amide bonds. The minimum absolute atomic E-state index is 0.155. The van der Waals surface area contributed by atoms with Gasteiger partial charge in [-0.1, -0.05) is 20.8 Å². The molecule has 0 aliphatic rings. The molecule has 1 aromatic heterocycles. The lowest BCUT2D eigenvalue weighted by Gasteiger charge is -2.19. The van der Waals surface area contributed by atoms with Gasteiger partial charge in [-0.3, -0.25) is 4.68 Å². The van der Waals surface area contributed by atoms with Crippen LogP contribution in [0.25, 0.3) is 0 Å². The summed E-state index contributed by atoms with van der Waals surface area (Å²) in [5.74, 6) is 0.531. The van der Waals surface area contributed by atoms with Crippen LogP contribution in [0.5, 0.6) is 0 Å². The third-order valence-corrected chi connectivity index (χ3v) is 2.96. The lowest BCUT2D eigenvalue weighted by atomic mass is 9.86. The molecule has 1 aromatic rings. The predicted octanol–water partition coefficient (Wildman–Crippen LogP) is 2.85. The highest BCUT2D eigenvalue weighted by Crippen LogP contribution is 2.26. The highest BCUT2D eigenvalue weighted by Gasteiger charge is 2.21. The van der Waals surface area contributed by atoms with Crippen molar-refractivity contribution in [3.8, 4) is 0 Å². The topological polar surface area (TPSA) is 17.8 Å². The second-order valence-corrected chi connectivity index (χ2v) is 4.28. The van der Waals surface area contributed by atoms with E-state index in [-0.39, 0.29) is 5.41 Å². The quantitative estimate of drug-likeness (QED) is 0.687. The number of alkyl halides is 1. The highest BCUT2D eigenvalue weighted by atomic mass is 35.5. The third kappa shape index (κ3) is 2.05. The van der Waals surface area contributed by atoms with Gasteiger partial charge >= 0.3 is 0 Å². The summed E-state index contributed by atoms with van der Waals surface area (Å²) in [5.41, 5.74) is 2.37. The fourth-order valence-corrected chi connectivity index (χ4v) is 1.39. The van der Waals surface area contributed by atoms with E-state index in [1.165, 1.54) is 0 Å². The molecule has 0 spiro atoms. The molecule has 0 atom stereocenters. The Morgan fingerprint density at radius 1 is 1.54 bits per heavy atom. The molecule has 0 saturated carbocycles. The van der Waals surface area contributed by atoms with Crippen molar-refractivity contribution in [2.75, 3.05) is 0 Å². The number of hydrogen-bond acceptors (Lipinski definition) is 1. The molecule has 1 rings (SSSR count). The third-order valence-electron chi connectivity index (χ3n) is 2.69. The molecule has 0 saturated heterocycles. The van der Waals surface area contributed by atoms with Crippen LogP contribution < -0.4 is 0 Å². The summed E-state index contributed by atoms with van der Waals surface area (Å²) in [5, 5.41) is 4.46. The van der Waals surface area contributed by atoms with Crippen molar-refractivity contribution in [3.63, 3.8) is 0 Å². The standard InChI is InChI=1S/C10H17ClN2/c1-5-10(2,3)9-6-8(7-11)13(4)12-9/h6H,5,7H2,1-4H3. The summed E-state index contributed by atoms with van der Waals surface area (Å²) in [6, 6.07) is 2.09. The maximum atomic E-state index is 5.78. The Hall–Kier alpha value is -0.500. The summed E-state index contributed by atoms with van der Waals surface area (Å²) in [7, 11) is 1.94. The van der Waals surface area contributed by atoms with Gasteiger partial charge in [-0.15, -0.1) is 11.6 Å². The summed E-state index contributed by atoms with van der Waals surface area (Å²) in [6.07, 6.45) is 1.09. The van der Waals surface area contributed by atoms with E-state index in [1.54, 1.807) is 0 Å². The monoisotopic (exact) mass is 200 g/mol. The lowest BCUT2D eigenvalue weighted by molar-refractivity contribution is 0.481. The van der Waals surface area contributed by atoms with E-state index in [2.05, 4.69) is 31.9 Å². The molecule has 0 N–H and O–H groups in total. The fourth-order valence-electron chi connectivity index (χ4n) is 1.14. The van der Waals surface area contributed by atoms with Crippen LogP contribution in [0.1, 0.15) is 38.6 Å². The molecule has 0 aromatic carbocycles. The summed E-state index contributed by atoms with van der Waals surface area (Å²) < 4.78 is 1.86. The zero-order valence-electron chi connectivity index (χ0n) is 8.76. The first kappa shape index (κ1) is 10.6. The molecule has 0 aliphatic heterocycles. The molecular weight excluding hydrogens is 184 g/mol. The van der Waals surface area contributed by atoms with Crippen molar-refractivity contribution in [3.05, 3.63) is 17.5 Å². The van der Waals surface area contributed by atoms with E-state index >= 15 is 0 Å². The van der Waals surface area contributed by atoms with Gasteiger partial charge in [0, 0.05) is 12.5 Å². The number of nitrogens with zero attached hydrogens (tertiary/aromatic N) is 2. The Morgan fingerprint density at radius 2 is 2.15 bits per heavy atom. The van der Waals surface area contributed by atoms with E-state index in [9.17, 15) is 0 Å².